The molecule has 0 spiro atoms. The second-order valence-electron chi connectivity index (χ2n) is 4.90. The lowest BCUT2D eigenvalue weighted by Gasteiger charge is -2.07. The molecule has 0 aliphatic rings. The molecule has 3 rings (SSSR count). The molecule has 0 bridgehead atoms. The zero-order valence-electron chi connectivity index (χ0n) is 12.1. The molecule has 1 amide bonds. The summed E-state index contributed by atoms with van der Waals surface area (Å²) in [6.45, 7) is 1.86. The van der Waals surface area contributed by atoms with Crippen LogP contribution in [0.15, 0.2) is 36.4 Å². The van der Waals surface area contributed by atoms with Gasteiger partial charge in [-0.15, -0.1) is 0 Å². The minimum Gasteiger partial charge on any atom is -0.482 e. The van der Waals surface area contributed by atoms with Crippen molar-refractivity contribution < 1.29 is 9.53 Å². The molecule has 2 aromatic carbocycles. The van der Waals surface area contributed by atoms with E-state index in [1.54, 1.807) is 18.2 Å². The Morgan fingerprint density at radius 2 is 2.09 bits per heavy atom. The molecule has 0 saturated heterocycles. The topological polar surface area (TPSA) is 51.2 Å². The van der Waals surface area contributed by atoms with Crippen molar-refractivity contribution in [2.45, 2.75) is 6.92 Å². The largest absolute Gasteiger partial charge is 0.482 e. The number of hydrogen-bond acceptors (Lipinski definition) is 4. The number of hydrogen-bond donors (Lipinski definition) is 1. The molecule has 0 aliphatic carbocycles. The van der Waals surface area contributed by atoms with Crippen LogP contribution >= 0.6 is 34.5 Å². The van der Waals surface area contributed by atoms with E-state index in [0.29, 0.717) is 20.9 Å². The van der Waals surface area contributed by atoms with Crippen LogP contribution in [0.3, 0.4) is 0 Å². The standard InChI is InChI=1S/C16H12Cl2N2O2S/c1-9-2-4-12-14(6-9)23-16(19-12)20-15(21)8-22-13-5-3-10(17)7-11(13)18/h2-7H,8H2,1H3,(H,19,20,21). The van der Waals surface area contributed by atoms with Gasteiger partial charge in [0.05, 0.1) is 15.2 Å². The quantitative estimate of drug-likeness (QED) is 0.712. The number of halogens is 2. The van der Waals surface area contributed by atoms with Crippen molar-refractivity contribution >= 4 is 55.8 Å². The van der Waals surface area contributed by atoms with Crippen molar-refractivity contribution in [2.24, 2.45) is 0 Å². The first kappa shape index (κ1) is 16.1. The van der Waals surface area contributed by atoms with E-state index in [1.165, 1.54) is 11.3 Å². The van der Waals surface area contributed by atoms with Gasteiger partial charge in [0.25, 0.3) is 5.91 Å². The number of aryl methyl sites for hydroxylation is 1. The molecule has 118 valence electrons. The van der Waals surface area contributed by atoms with Crippen molar-refractivity contribution in [3.8, 4) is 5.75 Å². The van der Waals surface area contributed by atoms with E-state index in [4.69, 9.17) is 27.9 Å². The van der Waals surface area contributed by atoms with Crippen LogP contribution in [0.5, 0.6) is 5.75 Å². The average molecular weight is 367 g/mol. The third kappa shape index (κ3) is 3.93. The highest BCUT2D eigenvalue weighted by Crippen LogP contribution is 2.28. The number of thiazole rings is 1. The predicted molar refractivity (Wildman–Crippen MR) is 94.9 cm³/mol. The van der Waals surface area contributed by atoms with Crippen molar-refractivity contribution in [1.29, 1.82) is 0 Å². The van der Waals surface area contributed by atoms with Gasteiger partial charge in [0.2, 0.25) is 0 Å². The number of nitrogens with one attached hydrogen (secondary N) is 1. The average Bonchev–Trinajstić information content (AvgIpc) is 2.87. The monoisotopic (exact) mass is 366 g/mol. The summed E-state index contributed by atoms with van der Waals surface area (Å²) >= 11 is 13.2. The van der Waals surface area contributed by atoms with Crippen LogP contribution < -0.4 is 10.1 Å². The smallest absolute Gasteiger partial charge is 0.264 e. The van der Waals surface area contributed by atoms with Crippen molar-refractivity contribution in [1.82, 2.24) is 4.98 Å². The van der Waals surface area contributed by atoms with Crippen LogP contribution in [-0.2, 0) is 4.79 Å². The van der Waals surface area contributed by atoms with Gasteiger partial charge < -0.3 is 4.74 Å². The summed E-state index contributed by atoms with van der Waals surface area (Å²) in [5.41, 5.74) is 2.01. The molecule has 4 nitrogen and oxygen atoms in total. The lowest BCUT2D eigenvalue weighted by atomic mass is 10.2. The first-order valence-corrected chi connectivity index (χ1v) is 8.33. The van der Waals surface area contributed by atoms with Crippen LogP contribution in [0.1, 0.15) is 5.56 Å². The van der Waals surface area contributed by atoms with Crippen molar-refractivity contribution in [2.75, 3.05) is 11.9 Å². The Balaban J connectivity index is 1.64. The van der Waals surface area contributed by atoms with Gasteiger partial charge in [-0.3, -0.25) is 10.1 Å². The summed E-state index contributed by atoms with van der Waals surface area (Å²) < 4.78 is 6.42. The Morgan fingerprint density at radius 1 is 1.26 bits per heavy atom. The number of nitrogens with zero attached hydrogens (tertiary/aromatic N) is 1. The lowest BCUT2D eigenvalue weighted by molar-refractivity contribution is -0.118. The normalized spacial score (nSPS) is 10.7. The van der Waals surface area contributed by atoms with Gasteiger partial charge in [-0.2, -0.15) is 0 Å². The fraction of sp³-hybridized carbons (Fsp3) is 0.125. The Hall–Kier alpha value is -1.82. The van der Waals surface area contributed by atoms with E-state index in [9.17, 15) is 4.79 Å². The number of aromatic nitrogens is 1. The SMILES string of the molecule is Cc1ccc2nc(NC(=O)COc3ccc(Cl)cc3Cl)sc2c1. The Kier molecular flexibility index (Phi) is 4.71. The van der Waals surface area contributed by atoms with E-state index in [2.05, 4.69) is 10.3 Å². The second kappa shape index (κ2) is 6.74. The van der Waals surface area contributed by atoms with E-state index < -0.39 is 0 Å². The van der Waals surface area contributed by atoms with Crippen LogP contribution in [0, 0.1) is 6.92 Å². The maximum Gasteiger partial charge on any atom is 0.264 e. The Morgan fingerprint density at radius 3 is 2.87 bits per heavy atom. The summed E-state index contributed by atoms with van der Waals surface area (Å²) in [5.74, 6) is 0.109. The highest BCUT2D eigenvalue weighted by atomic mass is 35.5. The molecule has 7 heteroatoms. The molecule has 0 fully saturated rings. The maximum absolute atomic E-state index is 12.0. The number of amides is 1. The van der Waals surface area contributed by atoms with Crippen molar-refractivity contribution in [3.05, 3.63) is 52.0 Å². The van der Waals surface area contributed by atoms with Crippen LogP contribution in [0.4, 0.5) is 5.13 Å². The number of rotatable bonds is 4. The molecule has 23 heavy (non-hydrogen) atoms. The van der Waals surface area contributed by atoms with E-state index in [0.717, 1.165) is 15.8 Å². The van der Waals surface area contributed by atoms with E-state index >= 15 is 0 Å². The van der Waals surface area contributed by atoms with Gasteiger partial charge in [-0.05, 0) is 42.8 Å². The molecule has 1 heterocycles. The molecule has 0 saturated carbocycles. The number of benzene rings is 2. The summed E-state index contributed by atoms with van der Waals surface area (Å²) in [7, 11) is 0. The fourth-order valence-electron chi connectivity index (χ4n) is 1.98. The predicted octanol–water partition coefficient (Wildman–Crippen LogP) is 4.93. The highest BCUT2D eigenvalue weighted by molar-refractivity contribution is 7.22. The number of carbonyl (C=O) groups is 1. The summed E-state index contributed by atoms with van der Waals surface area (Å²) in [6.07, 6.45) is 0. The van der Waals surface area contributed by atoms with E-state index in [1.807, 2.05) is 25.1 Å². The second-order valence-corrected chi connectivity index (χ2v) is 6.78. The Labute approximate surface area is 147 Å². The van der Waals surface area contributed by atoms with Crippen molar-refractivity contribution in [3.63, 3.8) is 0 Å². The molecule has 0 aliphatic heterocycles. The first-order chi connectivity index (χ1) is 11.0. The fourth-order valence-corrected chi connectivity index (χ4v) is 3.42. The van der Waals surface area contributed by atoms with Gasteiger partial charge in [0.1, 0.15) is 5.75 Å². The molecule has 1 aromatic heterocycles. The highest BCUT2D eigenvalue weighted by Gasteiger charge is 2.10. The third-order valence-electron chi connectivity index (χ3n) is 3.04. The lowest BCUT2D eigenvalue weighted by Crippen LogP contribution is -2.20. The van der Waals surface area contributed by atoms with Crippen LogP contribution in [-0.4, -0.2) is 17.5 Å². The van der Waals surface area contributed by atoms with Gasteiger partial charge in [0.15, 0.2) is 11.7 Å². The zero-order valence-corrected chi connectivity index (χ0v) is 14.4. The molecule has 3 aromatic rings. The molecule has 0 atom stereocenters. The first-order valence-electron chi connectivity index (χ1n) is 6.76. The molecular formula is C16H12Cl2N2O2S. The molecule has 0 radical (unpaired) electrons. The minimum absolute atomic E-state index is 0.156. The summed E-state index contributed by atoms with van der Waals surface area (Å²) in [6, 6.07) is 10.8. The molecular weight excluding hydrogens is 355 g/mol. The van der Waals surface area contributed by atoms with Crippen LogP contribution in [0.2, 0.25) is 10.0 Å². The van der Waals surface area contributed by atoms with Crippen LogP contribution in [0.25, 0.3) is 10.2 Å². The number of ether oxygens (including phenoxy) is 1. The number of anilines is 1. The molecule has 0 unspecified atom stereocenters. The Bertz CT molecular complexity index is 880. The third-order valence-corrected chi connectivity index (χ3v) is 4.51. The summed E-state index contributed by atoms with van der Waals surface area (Å²) in [5, 5.41) is 4.14. The molecule has 1 N–H and O–H groups in total. The minimum atomic E-state index is -0.299. The zero-order chi connectivity index (χ0) is 16.4. The van der Waals surface area contributed by atoms with Gasteiger partial charge >= 0.3 is 0 Å². The summed E-state index contributed by atoms with van der Waals surface area (Å²) in [4.78, 5) is 16.3. The maximum atomic E-state index is 12.0. The van der Waals surface area contributed by atoms with Gasteiger partial charge in [-0.1, -0.05) is 40.6 Å². The van der Waals surface area contributed by atoms with Gasteiger partial charge in [0, 0.05) is 5.02 Å². The number of carbonyl (C=O) groups excluding carboxylic acids is 1. The van der Waals surface area contributed by atoms with E-state index in [-0.39, 0.29) is 12.5 Å². The van der Waals surface area contributed by atoms with Gasteiger partial charge in [-0.25, -0.2) is 4.98 Å². The number of fused-ring (bicyclic) bond motifs is 1.